The molecule has 1 aromatic heterocycles. The predicted molar refractivity (Wildman–Crippen MR) is 82.1 cm³/mol. The Bertz CT molecular complexity index is 613. The summed E-state index contributed by atoms with van der Waals surface area (Å²) >= 11 is 0. The van der Waals surface area contributed by atoms with Crippen molar-refractivity contribution >= 4 is 5.91 Å². The van der Waals surface area contributed by atoms with Crippen LogP contribution < -0.4 is 0 Å². The Morgan fingerprint density at radius 1 is 1.29 bits per heavy atom. The standard InChI is InChI=1S/C17H21N3O/c1-13-11-18-14(2)20(13)16-8-9-19(12-16)17(21)10-15-6-4-3-5-7-15/h3-7,11,16H,8-10,12H2,1-2H3. The smallest absolute Gasteiger partial charge is 0.227 e. The first-order chi connectivity index (χ1) is 10.1. The quantitative estimate of drug-likeness (QED) is 0.868. The zero-order valence-corrected chi connectivity index (χ0v) is 12.6. The van der Waals surface area contributed by atoms with Crippen molar-refractivity contribution in [2.75, 3.05) is 13.1 Å². The van der Waals surface area contributed by atoms with Gasteiger partial charge < -0.3 is 9.47 Å². The van der Waals surface area contributed by atoms with Gasteiger partial charge in [-0.15, -0.1) is 0 Å². The number of carbonyl (C=O) groups is 1. The van der Waals surface area contributed by atoms with E-state index in [9.17, 15) is 4.79 Å². The normalized spacial score (nSPS) is 18.2. The van der Waals surface area contributed by atoms with Gasteiger partial charge in [0.2, 0.25) is 5.91 Å². The van der Waals surface area contributed by atoms with Crippen molar-refractivity contribution in [2.24, 2.45) is 0 Å². The fourth-order valence-corrected chi connectivity index (χ4v) is 3.18. The third-order valence-electron chi connectivity index (χ3n) is 4.25. The second-order valence-electron chi connectivity index (χ2n) is 5.76. The van der Waals surface area contributed by atoms with Crippen LogP contribution in [-0.4, -0.2) is 33.4 Å². The molecule has 2 heterocycles. The van der Waals surface area contributed by atoms with Crippen LogP contribution in [0.2, 0.25) is 0 Å². The first-order valence-electron chi connectivity index (χ1n) is 7.47. The molecule has 0 spiro atoms. The number of rotatable bonds is 3. The van der Waals surface area contributed by atoms with Gasteiger partial charge in [-0.1, -0.05) is 30.3 Å². The first-order valence-corrected chi connectivity index (χ1v) is 7.47. The molecule has 0 bridgehead atoms. The minimum atomic E-state index is 0.221. The molecule has 1 aromatic carbocycles. The molecule has 1 aliphatic rings. The lowest BCUT2D eigenvalue weighted by molar-refractivity contribution is -0.129. The molecule has 4 heteroatoms. The molecular formula is C17H21N3O. The van der Waals surface area contributed by atoms with Crippen molar-refractivity contribution in [1.29, 1.82) is 0 Å². The van der Waals surface area contributed by atoms with E-state index in [1.807, 2.05) is 48.4 Å². The number of amides is 1. The summed E-state index contributed by atoms with van der Waals surface area (Å²) in [6, 6.07) is 10.3. The number of likely N-dealkylation sites (tertiary alicyclic amines) is 1. The molecule has 0 radical (unpaired) electrons. The summed E-state index contributed by atoms with van der Waals surface area (Å²) in [4.78, 5) is 18.7. The highest BCUT2D eigenvalue weighted by Gasteiger charge is 2.28. The predicted octanol–water partition coefficient (Wildman–Crippen LogP) is 2.52. The Morgan fingerprint density at radius 2 is 2.05 bits per heavy atom. The van der Waals surface area contributed by atoms with Crippen molar-refractivity contribution in [3.63, 3.8) is 0 Å². The summed E-state index contributed by atoms with van der Waals surface area (Å²) < 4.78 is 2.26. The summed E-state index contributed by atoms with van der Waals surface area (Å²) in [5.74, 6) is 1.26. The van der Waals surface area contributed by atoms with Gasteiger partial charge in [0.15, 0.2) is 0 Å². The van der Waals surface area contributed by atoms with Crippen LogP contribution in [0, 0.1) is 13.8 Å². The van der Waals surface area contributed by atoms with Crippen LogP contribution in [0.3, 0.4) is 0 Å². The zero-order valence-electron chi connectivity index (χ0n) is 12.6. The molecule has 1 saturated heterocycles. The lowest BCUT2D eigenvalue weighted by atomic mass is 10.1. The van der Waals surface area contributed by atoms with E-state index in [1.54, 1.807) is 0 Å². The van der Waals surface area contributed by atoms with Gasteiger partial charge in [0.1, 0.15) is 5.82 Å². The van der Waals surface area contributed by atoms with Crippen LogP contribution in [0.25, 0.3) is 0 Å². The average Bonchev–Trinajstić information content (AvgIpc) is 3.07. The number of imidazole rings is 1. The molecule has 1 amide bonds. The fraction of sp³-hybridized carbons (Fsp3) is 0.412. The third-order valence-corrected chi connectivity index (χ3v) is 4.25. The minimum Gasteiger partial charge on any atom is -0.340 e. The molecular weight excluding hydrogens is 262 g/mol. The monoisotopic (exact) mass is 283 g/mol. The highest BCUT2D eigenvalue weighted by atomic mass is 16.2. The van der Waals surface area contributed by atoms with Gasteiger partial charge >= 0.3 is 0 Å². The summed E-state index contributed by atoms with van der Waals surface area (Å²) in [5, 5.41) is 0. The Kier molecular flexibility index (Phi) is 3.78. The fourth-order valence-electron chi connectivity index (χ4n) is 3.18. The third kappa shape index (κ3) is 2.84. The summed E-state index contributed by atoms with van der Waals surface area (Å²) in [6.45, 7) is 5.74. The van der Waals surface area contributed by atoms with Crippen LogP contribution in [-0.2, 0) is 11.2 Å². The second kappa shape index (κ2) is 5.72. The van der Waals surface area contributed by atoms with Crippen molar-refractivity contribution in [1.82, 2.24) is 14.5 Å². The zero-order chi connectivity index (χ0) is 14.8. The highest BCUT2D eigenvalue weighted by molar-refractivity contribution is 5.79. The van der Waals surface area contributed by atoms with Crippen LogP contribution in [0.15, 0.2) is 36.5 Å². The molecule has 1 aliphatic heterocycles. The lowest BCUT2D eigenvalue weighted by Gasteiger charge is -2.19. The highest BCUT2D eigenvalue weighted by Crippen LogP contribution is 2.25. The van der Waals surface area contributed by atoms with Gasteiger partial charge in [0.25, 0.3) is 0 Å². The summed E-state index contributed by atoms with van der Waals surface area (Å²) in [7, 11) is 0. The number of hydrogen-bond donors (Lipinski definition) is 0. The Labute approximate surface area is 125 Å². The van der Waals surface area contributed by atoms with Crippen LogP contribution in [0.5, 0.6) is 0 Å². The van der Waals surface area contributed by atoms with E-state index < -0.39 is 0 Å². The van der Waals surface area contributed by atoms with Gasteiger partial charge in [-0.05, 0) is 25.8 Å². The van der Waals surface area contributed by atoms with E-state index in [0.29, 0.717) is 12.5 Å². The van der Waals surface area contributed by atoms with Crippen LogP contribution in [0.1, 0.15) is 29.5 Å². The molecule has 0 aliphatic carbocycles. The van der Waals surface area contributed by atoms with Crippen molar-refractivity contribution in [3.8, 4) is 0 Å². The Balaban J connectivity index is 1.66. The minimum absolute atomic E-state index is 0.221. The largest absolute Gasteiger partial charge is 0.340 e. The summed E-state index contributed by atoms with van der Waals surface area (Å²) in [6.07, 6.45) is 3.41. The van der Waals surface area contributed by atoms with Gasteiger partial charge in [0.05, 0.1) is 12.5 Å². The Hall–Kier alpha value is -2.10. The van der Waals surface area contributed by atoms with Gasteiger partial charge in [-0.3, -0.25) is 4.79 Å². The number of aromatic nitrogens is 2. The van der Waals surface area contributed by atoms with Crippen molar-refractivity contribution in [3.05, 3.63) is 53.6 Å². The van der Waals surface area contributed by atoms with Crippen LogP contribution >= 0.6 is 0 Å². The van der Waals surface area contributed by atoms with Crippen LogP contribution in [0.4, 0.5) is 0 Å². The number of nitrogens with zero attached hydrogens (tertiary/aromatic N) is 3. The number of benzene rings is 1. The van der Waals surface area contributed by atoms with E-state index >= 15 is 0 Å². The van der Waals surface area contributed by atoms with Crippen molar-refractivity contribution < 1.29 is 4.79 Å². The summed E-state index contributed by atoms with van der Waals surface area (Å²) in [5.41, 5.74) is 2.26. The van der Waals surface area contributed by atoms with E-state index in [2.05, 4.69) is 16.5 Å². The molecule has 4 nitrogen and oxygen atoms in total. The number of carbonyl (C=O) groups excluding carboxylic acids is 1. The maximum absolute atomic E-state index is 12.4. The van der Waals surface area contributed by atoms with Gasteiger partial charge in [-0.25, -0.2) is 4.98 Å². The van der Waals surface area contributed by atoms with E-state index in [1.165, 1.54) is 5.69 Å². The Morgan fingerprint density at radius 3 is 2.71 bits per heavy atom. The molecule has 110 valence electrons. The van der Waals surface area contributed by atoms with E-state index in [-0.39, 0.29) is 5.91 Å². The molecule has 21 heavy (non-hydrogen) atoms. The number of aryl methyl sites for hydroxylation is 2. The molecule has 2 aromatic rings. The topological polar surface area (TPSA) is 38.1 Å². The molecule has 1 fully saturated rings. The van der Waals surface area contributed by atoms with E-state index in [0.717, 1.165) is 30.9 Å². The SMILES string of the molecule is Cc1cnc(C)n1C1CCN(C(=O)Cc2ccccc2)C1. The maximum Gasteiger partial charge on any atom is 0.227 e. The molecule has 1 atom stereocenters. The van der Waals surface area contributed by atoms with Crippen molar-refractivity contribution in [2.45, 2.75) is 32.7 Å². The molecule has 0 saturated carbocycles. The molecule has 0 N–H and O–H groups in total. The lowest BCUT2D eigenvalue weighted by Crippen LogP contribution is -2.30. The van der Waals surface area contributed by atoms with Gasteiger partial charge in [0, 0.05) is 25.0 Å². The average molecular weight is 283 g/mol. The molecule has 1 unspecified atom stereocenters. The molecule has 3 rings (SSSR count). The second-order valence-corrected chi connectivity index (χ2v) is 5.76. The maximum atomic E-state index is 12.4. The van der Waals surface area contributed by atoms with E-state index in [4.69, 9.17) is 0 Å². The number of hydrogen-bond acceptors (Lipinski definition) is 2. The van der Waals surface area contributed by atoms with Gasteiger partial charge in [-0.2, -0.15) is 0 Å². The first kappa shape index (κ1) is 13.9.